The highest BCUT2D eigenvalue weighted by atomic mass is 35.5. The summed E-state index contributed by atoms with van der Waals surface area (Å²) in [6.45, 7) is 3.20. The van der Waals surface area contributed by atoms with Crippen LogP contribution in [0.15, 0.2) is 42.5 Å². The number of benzene rings is 2. The average molecular weight is 483 g/mol. The van der Waals surface area contributed by atoms with E-state index >= 15 is 0 Å². The Balaban J connectivity index is 1.42. The average Bonchev–Trinajstić information content (AvgIpc) is 2.73. The topological polar surface area (TPSA) is 76.1 Å². The van der Waals surface area contributed by atoms with Crippen molar-refractivity contribution >= 4 is 46.9 Å². The monoisotopic (exact) mass is 482 g/mol. The van der Waals surface area contributed by atoms with E-state index in [9.17, 15) is 19.1 Å². The second kappa shape index (κ2) is 11.6. The van der Waals surface area contributed by atoms with Gasteiger partial charge in [0.05, 0.1) is 24.9 Å². The molecule has 0 aromatic heterocycles. The van der Waals surface area contributed by atoms with Gasteiger partial charge >= 0.3 is 0 Å². The maximum Gasteiger partial charge on any atom is 0.238 e. The SMILES string of the molecule is O=CN(CC(O)CN1CCN(CC(=O)Nc2cc(Cl)cc(Cl)c2)CC1)c1ccccc1F. The molecule has 7 nitrogen and oxygen atoms in total. The zero-order valence-corrected chi connectivity index (χ0v) is 18.9. The number of aliphatic hydroxyl groups excluding tert-OH is 1. The minimum Gasteiger partial charge on any atom is -0.390 e. The molecule has 2 N–H and O–H groups in total. The first-order chi connectivity index (χ1) is 15.3. The number of hydrogen-bond acceptors (Lipinski definition) is 5. The first kappa shape index (κ1) is 24.4. The predicted octanol–water partition coefficient (Wildman–Crippen LogP) is 2.71. The fourth-order valence-corrected chi connectivity index (χ4v) is 4.15. The third kappa shape index (κ3) is 7.15. The van der Waals surface area contributed by atoms with E-state index in [-0.39, 0.29) is 24.7 Å². The number of amides is 2. The number of hydrogen-bond donors (Lipinski definition) is 2. The number of rotatable bonds is 9. The Hall–Kier alpha value is -2.23. The molecule has 2 amide bonds. The number of anilines is 2. The van der Waals surface area contributed by atoms with Crippen LogP contribution in [-0.2, 0) is 9.59 Å². The van der Waals surface area contributed by atoms with E-state index in [2.05, 4.69) is 10.2 Å². The Labute approximate surface area is 196 Å². The highest BCUT2D eigenvalue weighted by Crippen LogP contribution is 2.22. The summed E-state index contributed by atoms with van der Waals surface area (Å²) in [6, 6.07) is 10.8. The van der Waals surface area contributed by atoms with Crippen LogP contribution in [0, 0.1) is 5.82 Å². The van der Waals surface area contributed by atoms with E-state index in [1.165, 1.54) is 17.0 Å². The fraction of sp³-hybridized carbons (Fsp3) is 0.364. The molecule has 1 aliphatic heterocycles. The molecule has 0 bridgehead atoms. The Morgan fingerprint density at radius 1 is 1.12 bits per heavy atom. The van der Waals surface area contributed by atoms with Crippen molar-refractivity contribution < 1.29 is 19.1 Å². The van der Waals surface area contributed by atoms with Gasteiger partial charge in [-0.3, -0.25) is 19.4 Å². The predicted molar refractivity (Wildman–Crippen MR) is 124 cm³/mol. The van der Waals surface area contributed by atoms with Gasteiger partial charge in [0.1, 0.15) is 5.82 Å². The molecule has 172 valence electrons. The van der Waals surface area contributed by atoms with E-state index in [4.69, 9.17) is 23.2 Å². The number of halogens is 3. The minimum atomic E-state index is -0.831. The molecule has 10 heteroatoms. The van der Waals surface area contributed by atoms with Crippen LogP contribution in [0.1, 0.15) is 0 Å². The molecule has 0 saturated carbocycles. The van der Waals surface area contributed by atoms with Crippen LogP contribution in [0.3, 0.4) is 0 Å². The number of para-hydroxylation sites is 1. The standard InChI is InChI=1S/C22H25Cl2FN4O3/c23-16-9-17(24)11-18(10-16)26-22(32)14-28-7-5-27(6-8-28)12-19(31)13-29(15-30)21-4-2-1-3-20(21)25/h1-4,9-11,15,19,31H,5-8,12-14H2,(H,26,32). The van der Waals surface area contributed by atoms with E-state index in [1.54, 1.807) is 30.3 Å². The third-order valence-electron chi connectivity index (χ3n) is 5.14. The largest absolute Gasteiger partial charge is 0.390 e. The number of carbonyl (C=O) groups excluding carboxylic acids is 2. The van der Waals surface area contributed by atoms with Crippen molar-refractivity contribution in [1.82, 2.24) is 9.80 Å². The van der Waals surface area contributed by atoms with Crippen molar-refractivity contribution in [3.63, 3.8) is 0 Å². The number of carbonyl (C=O) groups is 2. The van der Waals surface area contributed by atoms with Crippen molar-refractivity contribution in [2.45, 2.75) is 6.10 Å². The van der Waals surface area contributed by atoms with Crippen LogP contribution in [0.25, 0.3) is 0 Å². The summed E-state index contributed by atoms with van der Waals surface area (Å²) >= 11 is 11.9. The summed E-state index contributed by atoms with van der Waals surface area (Å²) in [5, 5.41) is 14.1. The van der Waals surface area contributed by atoms with Gasteiger partial charge in [0.25, 0.3) is 0 Å². The minimum absolute atomic E-state index is 0.00471. The summed E-state index contributed by atoms with van der Waals surface area (Å²) in [7, 11) is 0. The molecule has 0 spiro atoms. The van der Waals surface area contributed by atoms with Crippen LogP contribution in [0.2, 0.25) is 10.0 Å². The quantitative estimate of drug-likeness (QED) is 0.537. The lowest BCUT2D eigenvalue weighted by Crippen LogP contribution is -2.51. The molecule has 32 heavy (non-hydrogen) atoms. The van der Waals surface area contributed by atoms with Gasteiger partial charge in [0, 0.05) is 48.5 Å². The van der Waals surface area contributed by atoms with E-state index in [0.29, 0.717) is 54.9 Å². The van der Waals surface area contributed by atoms with Crippen LogP contribution >= 0.6 is 23.2 Å². The van der Waals surface area contributed by atoms with Crippen LogP contribution in [0.4, 0.5) is 15.8 Å². The molecular weight excluding hydrogens is 458 g/mol. The highest BCUT2D eigenvalue weighted by Gasteiger charge is 2.22. The van der Waals surface area contributed by atoms with Crippen molar-refractivity contribution in [2.24, 2.45) is 0 Å². The molecule has 1 fully saturated rings. The zero-order valence-electron chi connectivity index (χ0n) is 17.4. The van der Waals surface area contributed by atoms with Gasteiger partial charge in [-0.25, -0.2) is 4.39 Å². The molecule has 2 aromatic rings. The first-order valence-corrected chi connectivity index (χ1v) is 10.9. The molecule has 2 aromatic carbocycles. The Bertz CT molecular complexity index is 921. The molecule has 1 saturated heterocycles. The van der Waals surface area contributed by atoms with Gasteiger partial charge in [-0.05, 0) is 30.3 Å². The van der Waals surface area contributed by atoms with E-state index < -0.39 is 11.9 Å². The molecule has 0 radical (unpaired) electrons. The second-order valence-electron chi connectivity index (χ2n) is 7.65. The Kier molecular flexibility index (Phi) is 8.84. The van der Waals surface area contributed by atoms with Gasteiger partial charge in [-0.15, -0.1) is 0 Å². The van der Waals surface area contributed by atoms with Crippen LogP contribution in [0.5, 0.6) is 0 Å². The van der Waals surface area contributed by atoms with Gasteiger partial charge in [-0.2, -0.15) is 0 Å². The summed E-state index contributed by atoms with van der Waals surface area (Å²) in [5.41, 5.74) is 0.683. The summed E-state index contributed by atoms with van der Waals surface area (Å²) in [4.78, 5) is 28.9. The van der Waals surface area contributed by atoms with E-state index in [0.717, 1.165) is 0 Å². The van der Waals surface area contributed by atoms with Crippen molar-refractivity contribution in [1.29, 1.82) is 0 Å². The molecule has 1 unspecified atom stereocenters. The van der Waals surface area contributed by atoms with Crippen molar-refractivity contribution in [3.8, 4) is 0 Å². The number of β-amino-alcohol motifs (C(OH)–C–C–N with tert-alkyl or cyclic N) is 1. The normalized spacial score (nSPS) is 15.9. The van der Waals surface area contributed by atoms with Gasteiger partial charge in [-0.1, -0.05) is 35.3 Å². The lowest BCUT2D eigenvalue weighted by Gasteiger charge is -2.35. The van der Waals surface area contributed by atoms with Gasteiger partial charge in [0.15, 0.2) is 0 Å². The van der Waals surface area contributed by atoms with Crippen molar-refractivity contribution in [3.05, 3.63) is 58.3 Å². The Morgan fingerprint density at radius 3 is 2.38 bits per heavy atom. The lowest BCUT2D eigenvalue weighted by molar-refractivity contribution is -0.117. The van der Waals surface area contributed by atoms with Crippen molar-refractivity contribution in [2.75, 3.05) is 56.0 Å². The molecule has 1 atom stereocenters. The maximum atomic E-state index is 13.9. The number of nitrogens with one attached hydrogen (secondary N) is 1. The second-order valence-corrected chi connectivity index (χ2v) is 8.52. The number of piperazine rings is 1. The summed E-state index contributed by atoms with van der Waals surface area (Å²) < 4.78 is 13.9. The number of nitrogens with zero attached hydrogens (tertiary/aromatic N) is 3. The van der Waals surface area contributed by atoms with Crippen LogP contribution in [-0.4, -0.2) is 79.1 Å². The molecule has 1 aliphatic rings. The molecular formula is C22H25Cl2FN4O3. The number of aliphatic hydroxyl groups is 1. The summed E-state index contributed by atoms with van der Waals surface area (Å²) in [5.74, 6) is -0.679. The Morgan fingerprint density at radius 2 is 1.75 bits per heavy atom. The first-order valence-electron chi connectivity index (χ1n) is 10.2. The van der Waals surface area contributed by atoms with Gasteiger partial charge < -0.3 is 15.3 Å². The highest BCUT2D eigenvalue weighted by molar-refractivity contribution is 6.35. The fourth-order valence-electron chi connectivity index (χ4n) is 3.63. The van der Waals surface area contributed by atoms with Crippen LogP contribution < -0.4 is 10.2 Å². The lowest BCUT2D eigenvalue weighted by atomic mass is 10.2. The zero-order chi connectivity index (χ0) is 23.1. The maximum absolute atomic E-state index is 13.9. The summed E-state index contributed by atoms with van der Waals surface area (Å²) in [6.07, 6.45) is -0.312. The van der Waals surface area contributed by atoms with E-state index in [1.807, 2.05) is 4.90 Å². The smallest absolute Gasteiger partial charge is 0.238 e. The van der Waals surface area contributed by atoms with Gasteiger partial charge in [0.2, 0.25) is 12.3 Å². The molecule has 0 aliphatic carbocycles. The third-order valence-corrected chi connectivity index (χ3v) is 5.58. The molecule has 1 heterocycles. The molecule has 3 rings (SSSR count).